The Balaban J connectivity index is 1.99. The average Bonchev–Trinajstić information content (AvgIpc) is 2.98. The van der Waals surface area contributed by atoms with Crippen molar-refractivity contribution in [1.82, 2.24) is 15.1 Å². The molecule has 21 heavy (non-hydrogen) atoms. The van der Waals surface area contributed by atoms with Gasteiger partial charge in [0.25, 0.3) is 5.89 Å². The molecular weight excluding hydrogens is 268 g/mol. The van der Waals surface area contributed by atoms with Crippen LogP contribution in [0, 0.1) is 0 Å². The third kappa shape index (κ3) is 2.79. The normalized spacial score (nSPS) is 10.3. The maximum absolute atomic E-state index is 11.2. The van der Waals surface area contributed by atoms with Crippen molar-refractivity contribution < 1.29 is 9.32 Å². The van der Waals surface area contributed by atoms with E-state index < -0.39 is 0 Å². The number of nitrogens with one attached hydrogen (secondary N) is 1. The van der Waals surface area contributed by atoms with E-state index in [1.54, 1.807) is 24.5 Å². The number of benzene rings is 1. The Hall–Kier alpha value is -3.02. The van der Waals surface area contributed by atoms with E-state index in [2.05, 4.69) is 20.4 Å². The first-order valence-corrected chi connectivity index (χ1v) is 6.35. The van der Waals surface area contributed by atoms with Gasteiger partial charge in [-0.25, -0.2) is 0 Å². The lowest BCUT2D eigenvalue weighted by Crippen LogP contribution is -2.06. The number of carbonyl (C=O) groups is 1. The minimum atomic E-state index is -0.158. The summed E-state index contributed by atoms with van der Waals surface area (Å²) in [6.07, 6.45) is 3.34. The first-order valence-electron chi connectivity index (χ1n) is 6.35. The zero-order chi connectivity index (χ0) is 14.7. The Morgan fingerprint density at radius 1 is 1.19 bits per heavy atom. The van der Waals surface area contributed by atoms with Gasteiger partial charge in [-0.05, 0) is 24.3 Å². The van der Waals surface area contributed by atoms with E-state index in [0.717, 1.165) is 5.56 Å². The monoisotopic (exact) mass is 280 g/mol. The van der Waals surface area contributed by atoms with Crippen LogP contribution >= 0.6 is 0 Å². The van der Waals surface area contributed by atoms with Crippen molar-refractivity contribution in [3.05, 3.63) is 48.8 Å². The summed E-state index contributed by atoms with van der Waals surface area (Å²) < 4.78 is 5.29. The first-order chi connectivity index (χ1) is 10.2. The molecule has 3 rings (SSSR count). The van der Waals surface area contributed by atoms with Gasteiger partial charge >= 0.3 is 0 Å². The van der Waals surface area contributed by atoms with Crippen LogP contribution in [0.5, 0.6) is 0 Å². The number of hydrogen-bond donors (Lipinski definition) is 1. The second-order valence-corrected chi connectivity index (χ2v) is 4.39. The Morgan fingerprint density at radius 3 is 2.81 bits per heavy atom. The van der Waals surface area contributed by atoms with E-state index in [1.807, 2.05) is 24.3 Å². The Labute approximate surface area is 120 Å². The molecule has 1 amide bonds. The number of nitrogens with zero attached hydrogens (tertiary/aromatic N) is 3. The van der Waals surface area contributed by atoms with E-state index >= 15 is 0 Å². The van der Waals surface area contributed by atoms with Crippen LogP contribution in [0.1, 0.15) is 6.92 Å². The molecule has 0 saturated heterocycles. The van der Waals surface area contributed by atoms with E-state index in [1.165, 1.54) is 6.92 Å². The number of pyridine rings is 1. The summed E-state index contributed by atoms with van der Waals surface area (Å²) in [5, 5.41) is 6.69. The summed E-state index contributed by atoms with van der Waals surface area (Å²) >= 11 is 0. The van der Waals surface area contributed by atoms with Gasteiger partial charge in [0, 0.05) is 24.9 Å². The van der Waals surface area contributed by atoms with Crippen LogP contribution in [0.15, 0.2) is 53.3 Å². The van der Waals surface area contributed by atoms with Crippen LogP contribution in [0.3, 0.4) is 0 Å². The molecule has 0 spiro atoms. The smallest absolute Gasteiger partial charge is 0.260 e. The molecule has 0 aliphatic rings. The summed E-state index contributed by atoms with van der Waals surface area (Å²) in [5.41, 5.74) is 2.08. The quantitative estimate of drug-likeness (QED) is 0.797. The Kier molecular flexibility index (Phi) is 3.42. The van der Waals surface area contributed by atoms with Crippen molar-refractivity contribution in [3.8, 4) is 22.8 Å². The topological polar surface area (TPSA) is 80.9 Å². The lowest BCUT2D eigenvalue weighted by atomic mass is 10.1. The summed E-state index contributed by atoms with van der Waals surface area (Å²) in [6.45, 7) is 1.45. The number of anilines is 1. The molecule has 1 aromatic carbocycles. The standard InChI is InChI=1S/C15H12N4O2/c1-10(20)17-13-7-3-2-6-12(13)15-18-14(19-21-15)11-5-4-8-16-9-11/h2-9H,1H3,(H,17,20). The van der Waals surface area contributed by atoms with Crippen LogP contribution in [-0.2, 0) is 4.79 Å². The lowest BCUT2D eigenvalue weighted by molar-refractivity contribution is -0.114. The molecule has 0 unspecified atom stereocenters. The molecule has 0 radical (unpaired) electrons. The molecule has 0 saturated carbocycles. The minimum absolute atomic E-state index is 0.158. The molecule has 0 fully saturated rings. The van der Waals surface area contributed by atoms with E-state index in [9.17, 15) is 4.79 Å². The first kappa shape index (κ1) is 13.0. The molecule has 0 aliphatic heterocycles. The SMILES string of the molecule is CC(=O)Nc1ccccc1-c1nc(-c2cccnc2)no1. The molecule has 3 aromatic rings. The van der Waals surface area contributed by atoms with Gasteiger partial charge in [0.05, 0.1) is 11.3 Å². The number of rotatable bonds is 3. The Bertz CT molecular complexity index is 768. The van der Waals surface area contributed by atoms with Gasteiger partial charge in [-0.3, -0.25) is 9.78 Å². The van der Waals surface area contributed by atoms with Crippen LogP contribution < -0.4 is 5.32 Å². The average molecular weight is 280 g/mol. The van der Waals surface area contributed by atoms with Crippen molar-refractivity contribution in [1.29, 1.82) is 0 Å². The summed E-state index contributed by atoms with van der Waals surface area (Å²) in [7, 11) is 0. The molecule has 0 bridgehead atoms. The number of carbonyl (C=O) groups excluding carboxylic acids is 1. The molecule has 2 aromatic heterocycles. The highest BCUT2D eigenvalue weighted by Crippen LogP contribution is 2.28. The third-order valence-corrected chi connectivity index (χ3v) is 2.81. The van der Waals surface area contributed by atoms with Crippen LogP contribution in [-0.4, -0.2) is 21.0 Å². The largest absolute Gasteiger partial charge is 0.334 e. The minimum Gasteiger partial charge on any atom is -0.334 e. The number of amides is 1. The second kappa shape index (κ2) is 5.54. The highest BCUT2D eigenvalue weighted by Gasteiger charge is 2.14. The van der Waals surface area contributed by atoms with Gasteiger partial charge in [-0.1, -0.05) is 17.3 Å². The predicted octanol–water partition coefficient (Wildman–Crippen LogP) is 2.76. The highest BCUT2D eigenvalue weighted by atomic mass is 16.5. The van der Waals surface area contributed by atoms with Crippen LogP contribution in [0.2, 0.25) is 0 Å². The van der Waals surface area contributed by atoms with Gasteiger partial charge < -0.3 is 9.84 Å². The van der Waals surface area contributed by atoms with E-state index in [4.69, 9.17) is 4.52 Å². The van der Waals surface area contributed by atoms with Crippen LogP contribution in [0.25, 0.3) is 22.8 Å². The number of para-hydroxylation sites is 1. The number of hydrogen-bond acceptors (Lipinski definition) is 5. The molecule has 6 nitrogen and oxygen atoms in total. The fourth-order valence-electron chi connectivity index (χ4n) is 1.91. The fraction of sp³-hybridized carbons (Fsp3) is 0.0667. The molecule has 6 heteroatoms. The van der Waals surface area contributed by atoms with Crippen molar-refractivity contribution in [2.24, 2.45) is 0 Å². The van der Waals surface area contributed by atoms with Crippen molar-refractivity contribution in [2.45, 2.75) is 6.92 Å². The molecule has 0 aliphatic carbocycles. The number of aromatic nitrogens is 3. The second-order valence-electron chi connectivity index (χ2n) is 4.39. The van der Waals surface area contributed by atoms with Gasteiger partial charge in [-0.15, -0.1) is 0 Å². The fourth-order valence-corrected chi connectivity index (χ4v) is 1.91. The van der Waals surface area contributed by atoms with Crippen molar-refractivity contribution >= 4 is 11.6 Å². The zero-order valence-corrected chi connectivity index (χ0v) is 11.3. The molecular formula is C15H12N4O2. The van der Waals surface area contributed by atoms with Gasteiger partial charge in [-0.2, -0.15) is 4.98 Å². The third-order valence-electron chi connectivity index (χ3n) is 2.81. The van der Waals surface area contributed by atoms with Crippen molar-refractivity contribution in [2.75, 3.05) is 5.32 Å². The van der Waals surface area contributed by atoms with Gasteiger partial charge in [0.2, 0.25) is 11.7 Å². The summed E-state index contributed by atoms with van der Waals surface area (Å²) in [4.78, 5) is 19.6. The lowest BCUT2D eigenvalue weighted by Gasteiger charge is -2.05. The van der Waals surface area contributed by atoms with Crippen LogP contribution in [0.4, 0.5) is 5.69 Å². The maximum atomic E-state index is 11.2. The van der Waals surface area contributed by atoms with Gasteiger partial charge in [0.15, 0.2) is 0 Å². The summed E-state index contributed by atoms with van der Waals surface area (Å²) in [5.74, 6) is 0.642. The zero-order valence-electron chi connectivity index (χ0n) is 11.3. The maximum Gasteiger partial charge on any atom is 0.260 e. The van der Waals surface area contributed by atoms with Crippen molar-refractivity contribution in [3.63, 3.8) is 0 Å². The van der Waals surface area contributed by atoms with Gasteiger partial charge in [0.1, 0.15) is 0 Å². The Morgan fingerprint density at radius 2 is 2.05 bits per heavy atom. The molecule has 2 heterocycles. The highest BCUT2D eigenvalue weighted by molar-refractivity contribution is 5.93. The predicted molar refractivity (Wildman–Crippen MR) is 77.3 cm³/mol. The molecule has 0 atom stereocenters. The molecule has 1 N–H and O–H groups in total. The molecule has 104 valence electrons. The summed E-state index contributed by atoms with van der Waals surface area (Å²) in [6, 6.07) is 10.9. The van der Waals surface area contributed by atoms with E-state index in [-0.39, 0.29) is 5.91 Å². The van der Waals surface area contributed by atoms with E-state index in [0.29, 0.717) is 23.0 Å².